The summed E-state index contributed by atoms with van der Waals surface area (Å²) in [5.41, 5.74) is -0.520. The van der Waals surface area contributed by atoms with Crippen LogP contribution >= 0.6 is 0 Å². The Morgan fingerprint density at radius 2 is 1.67 bits per heavy atom. The summed E-state index contributed by atoms with van der Waals surface area (Å²) in [6.07, 6.45) is -3.63. The van der Waals surface area contributed by atoms with E-state index in [0.717, 1.165) is 18.5 Å². The number of nitrogens with one attached hydrogen (secondary N) is 1. The SMILES string of the molecule is O=CN1CCN(c2ccc(C(=O)Nc3ccc(C(F)(F)F)cc3)nn2)CC1. The maximum absolute atomic E-state index is 12.6. The van der Waals surface area contributed by atoms with Crippen molar-refractivity contribution in [2.45, 2.75) is 6.18 Å². The third-order valence-corrected chi connectivity index (χ3v) is 4.14. The van der Waals surface area contributed by atoms with E-state index in [1.165, 1.54) is 18.2 Å². The van der Waals surface area contributed by atoms with Crippen LogP contribution < -0.4 is 10.2 Å². The number of carbonyl (C=O) groups is 2. The van der Waals surface area contributed by atoms with Gasteiger partial charge in [-0.2, -0.15) is 13.2 Å². The molecule has 3 rings (SSSR count). The number of anilines is 2. The Labute approximate surface area is 152 Å². The average Bonchev–Trinajstić information content (AvgIpc) is 2.68. The Kier molecular flexibility index (Phi) is 5.24. The summed E-state index contributed by atoms with van der Waals surface area (Å²) < 4.78 is 37.7. The maximum atomic E-state index is 12.6. The Balaban J connectivity index is 1.61. The molecule has 27 heavy (non-hydrogen) atoms. The molecule has 1 aromatic heterocycles. The van der Waals surface area contributed by atoms with E-state index in [2.05, 4.69) is 15.5 Å². The topological polar surface area (TPSA) is 78.4 Å². The molecule has 0 saturated carbocycles. The number of alkyl halides is 3. The van der Waals surface area contributed by atoms with E-state index in [1.807, 2.05) is 4.90 Å². The second-order valence-electron chi connectivity index (χ2n) is 5.93. The van der Waals surface area contributed by atoms with E-state index in [-0.39, 0.29) is 11.4 Å². The van der Waals surface area contributed by atoms with E-state index in [9.17, 15) is 22.8 Å². The fourth-order valence-corrected chi connectivity index (χ4v) is 2.61. The van der Waals surface area contributed by atoms with Crippen LogP contribution in [0.15, 0.2) is 36.4 Å². The first kappa shape index (κ1) is 18.6. The molecule has 0 atom stereocenters. The highest BCUT2D eigenvalue weighted by Gasteiger charge is 2.30. The van der Waals surface area contributed by atoms with Gasteiger partial charge in [0.1, 0.15) is 0 Å². The highest BCUT2D eigenvalue weighted by atomic mass is 19.4. The summed E-state index contributed by atoms with van der Waals surface area (Å²) in [6, 6.07) is 7.27. The normalized spacial score (nSPS) is 14.8. The van der Waals surface area contributed by atoms with Gasteiger partial charge in [0.25, 0.3) is 5.91 Å². The predicted molar refractivity (Wildman–Crippen MR) is 91.3 cm³/mol. The number of carbonyl (C=O) groups excluding carboxylic acids is 2. The quantitative estimate of drug-likeness (QED) is 0.823. The zero-order chi connectivity index (χ0) is 19.4. The lowest BCUT2D eigenvalue weighted by Crippen LogP contribution is -2.46. The first-order chi connectivity index (χ1) is 12.9. The van der Waals surface area contributed by atoms with E-state index in [1.54, 1.807) is 11.0 Å². The van der Waals surface area contributed by atoms with Crippen molar-refractivity contribution >= 4 is 23.8 Å². The van der Waals surface area contributed by atoms with Gasteiger partial charge in [-0.15, -0.1) is 10.2 Å². The van der Waals surface area contributed by atoms with Crippen LogP contribution in [0.25, 0.3) is 0 Å². The molecule has 2 aromatic rings. The minimum atomic E-state index is -4.43. The van der Waals surface area contributed by atoms with Gasteiger partial charge in [0.05, 0.1) is 5.56 Å². The summed E-state index contributed by atoms with van der Waals surface area (Å²) >= 11 is 0. The predicted octanol–water partition coefficient (Wildman–Crippen LogP) is 2.03. The van der Waals surface area contributed by atoms with Crippen LogP contribution in [-0.4, -0.2) is 53.6 Å². The fourth-order valence-electron chi connectivity index (χ4n) is 2.61. The molecule has 1 aromatic carbocycles. The molecule has 7 nitrogen and oxygen atoms in total. The Morgan fingerprint density at radius 1 is 1.00 bits per heavy atom. The van der Waals surface area contributed by atoms with Crippen molar-refractivity contribution in [3.05, 3.63) is 47.7 Å². The lowest BCUT2D eigenvalue weighted by atomic mass is 10.2. The van der Waals surface area contributed by atoms with Gasteiger partial charge in [0.2, 0.25) is 6.41 Å². The van der Waals surface area contributed by atoms with Gasteiger partial charge in [-0.25, -0.2) is 0 Å². The van der Waals surface area contributed by atoms with E-state index in [4.69, 9.17) is 0 Å². The molecular weight excluding hydrogens is 363 g/mol. The number of amides is 2. The maximum Gasteiger partial charge on any atom is 0.416 e. The zero-order valence-electron chi connectivity index (χ0n) is 14.1. The van der Waals surface area contributed by atoms with E-state index >= 15 is 0 Å². The fraction of sp³-hybridized carbons (Fsp3) is 0.294. The summed E-state index contributed by atoms with van der Waals surface area (Å²) in [5.74, 6) is 0.0196. The molecular formula is C17H16F3N5O2. The third-order valence-electron chi connectivity index (χ3n) is 4.14. The smallest absolute Gasteiger partial charge is 0.352 e. The van der Waals surface area contributed by atoms with Crippen molar-refractivity contribution in [3.63, 3.8) is 0 Å². The molecule has 142 valence electrons. The van der Waals surface area contributed by atoms with Crippen LogP contribution in [-0.2, 0) is 11.0 Å². The number of hydrogen-bond acceptors (Lipinski definition) is 5. The van der Waals surface area contributed by atoms with Crippen LogP contribution in [0.2, 0.25) is 0 Å². The van der Waals surface area contributed by atoms with Crippen molar-refractivity contribution in [1.29, 1.82) is 0 Å². The van der Waals surface area contributed by atoms with Gasteiger partial charge in [-0.05, 0) is 36.4 Å². The van der Waals surface area contributed by atoms with Crippen LogP contribution in [0, 0.1) is 0 Å². The summed E-state index contributed by atoms with van der Waals surface area (Å²) in [6.45, 7) is 2.40. The van der Waals surface area contributed by atoms with Gasteiger partial charge in [-0.3, -0.25) is 9.59 Å². The second-order valence-corrected chi connectivity index (χ2v) is 5.93. The molecule has 0 spiro atoms. The molecule has 10 heteroatoms. The van der Waals surface area contributed by atoms with Gasteiger partial charge in [0, 0.05) is 31.9 Å². The molecule has 1 aliphatic rings. The van der Waals surface area contributed by atoms with Crippen molar-refractivity contribution in [2.24, 2.45) is 0 Å². The van der Waals surface area contributed by atoms with E-state index < -0.39 is 17.6 Å². The van der Waals surface area contributed by atoms with Gasteiger partial charge in [-0.1, -0.05) is 0 Å². The molecule has 1 saturated heterocycles. The highest BCUT2D eigenvalue weighted by Crippen LogP contribution is 2.29. The molecule has 2 amide bonds. The van der Waals surface area contributed by atoms with E-state index in [0.29, 0.717) is 32.0 Å². The molecule has 1 fully saturated rings. The number of halogens is 3. The highest BCUT2D eigenvalue weighted by molar-refractivity contribution is 6.02. The van der Waals surface area contributed by atoms with Gasteiger partial charge >= 0.3 is 6.18 Å². The summed E-state index contributed by atoms with van der Waals surface area (Å²) in [7, 11) is 0. The number of rotatable bonds is 4. The molecule has 0 radical (unpaired) electrons. The third kappa shape index (κ3) is 4.52. The summed E-state index contributed by atoms with van der Waals surface area (Å²) in [5, 5.41) is 10.4. The van der Waals surface area contributed by atoms with Crippen LogP contribution in [0.1, 0.15) is 16.1 Å². The second kappa shape index (κ2) is 7.60. The molecule has 1 aliphatic heterocycles. The summed E-state index contributed by atoms with van der Waals surface area (Å²) in [4.78, 5) is 26.5. The Bertz CT molecular complexity index is 801. The van der Waals surface area contributed by atoms with Gasteiger partial charge < -0.3 is 15.1 Å². The first-order valence-electron chi connectivity index (χ1n) is 8.13. The Hall–Kier alpha value is -3.17. The Morgan fingerprint density at radius 3 is 2.19 bits per heavy atom. The van der Waals surface area contributed by atoms with Crippen molar-refractivity contribution < 1.29 is 22.8 Å². The zero-order valence-corrected chi connectivity index (χ0v) is 14.1. The van der Waals surface area contributed by atoms with Crippen molar-refractivity contribution in [2.75, 3.05) is 36.4 Å². The van der Waals surface area contributed by atoms with Crippen LogP contribution in [0.5, 0.6) is 0 Å². The molecule has 1 N–H and O–H groups in total. The number of piperazine rings is 1. The van der Waals surface area contributed by atoms with Crippen LogP contribution in [0.4, 0.5) is 24.7 Å². The molecule has 0 aliphatic carbocycles. The van der Waals surface area contributed by atoms with Crippen molar-refractivity contribution in [3.8, 4) is 0 Å². The minimum absolute atomic E-state index is 0.0465. The number of benzene rings is 1. The number of nitrogens with zero attached hydrogens (tertiary/aromatic N) is 4. The first-order valence-corrected chi connectivity index (χ1v) is 8.13. The van der Waals surface area contributed by atoms with Crippen LogP contribution in [0.3, 0.4) is 0 Å². The standard InChI is InChI=1S/C17H16F3N5O2/c18-17(19,20)12-1-3-13(4-2-12)21-16(27)14-5-6-15(23-22-14)25-9-7-24(11-26)8-10-25/h1-6,11H,7-10H2,(H,21,27). The largest absolute Gasteiger partial charge is 0.416 e. The monoisotopic (exact) mass is 379 g/mol. The average molecular weight is 379 g/mol. The molecule has 0 bridgehead atoms. The lowest BCUT2D eigenvalue weighted by molar-refractivity contribution is -0.137. The number of hydrogen-bond donors (Lipinski definition) is 1. The molecule has 0 unspecified atom stereocenters. The van der Waals surface area contributed by atoms with Gasteiger partial charge in [0.15, 0.2) is 11.5 Å². The number of aromatic nitrogens is 2. The minimum Gasteiger partial charge on any atom is -0.352 e. The molecule has 2 heterocycles. The van der Waals surface area contributed by atoms with Crippen molar-refractivity contribution in [1.82, 2.24) is 15.1 Å². The lowest BCUT2D eigenvalue weighted by Gasteiger charge is -2.32.